The standard InChI is InChI=1S/C59H77N3OS/c1-58(2)59(34-17-6-18-35-59)51-36-42(41-20-7-3-8-21-41)32-33-52(51)62(58)47-38-45(60(43-22-9-4-10-23-43)44-24-11-5-12-25-44)37-46(39-47)61(54-40-63-55-30-15-13-27-50(54)55)53-29-19-28-49-48-26-14-16-31-56(48)64-57(49)53/h3-4,7-9,11,13,15-16,19-20,24,27,29-32,37,39,41,43-44,47-57H,5-6,10,12,14,17-18,21-23,25-26,28,33-36,38,40H2,1-2H3. The first-order valence-corrected chi connectivity index (χ1v) is 27.5. The average molecular weight is 876 g/mol. The topological polar surface area (TPSA) is 19.0 Å². The lowest BCUT2D eigenvalue weighted by Crippen LogP contribution is -2.57. The van der Waals surface area contributed by atoms with Crippen molar-refractivity contribution in [1.82, 2.24) is 14.7 Å². The maximum absolute atomic E-state index is 6.85. The van der Waals surface area contributed by atoms with Crippen LogP contribution in [0.15, 0.2) is 132 Å². The van der Waals surface area contributed by atoms with Gasteiger partial charge in [-0.15, -0.1) is 11.8 Å². The van der Waals surface area contributed by atoms with Gasteiger partial charge in [0.25, 0.3) is 0 Å². The molecule has 0 aromatic carbocycles. The van der Waals surface area contributed by atoms with Crippen LogP contribution in [0.1, 0.15) is 129 Å². The monoisotopic (exact) mass is 876 g/mol. The van der Waals surface area contributed by atoms with Crippen LogP contribution in [0, 0.1) is 35.0 Å². The molecule has 1 saturated carbocycles. The van der Waals surface area contributed by atoms with Gasteiger partial charge in [-0.25, -0.2) is 0 Å². The molecule has 3 heterocycles. The molecule has 12 aliphatic rings. The fourth-order valence-corrected chi connectivity index (χ4v) is 18.6. The summed E-state index contributed by atoms with van der Waals surface area (Å²) in [6.07, 6.45) is 71.0. The number of rotatable bonds is 8. The molecule has 14 atom stereocenters. The molecular weight excluding hydrogens is 799 g/mol. The van der Waals surface area contributed by atoms with Gasteiger partial charge >= 0.3 is 0 Å². The van der Waals surface area contributed by atoms with E-state index in [4.69, 9.17) is 4.74 Å². The summed E-state index contributed by atoms with van der Waals surface area (Å²) < 4.78 is 6.85. The van der Waals surface area contributed by atoms with E-state index in [1.807, 2.05) is 0 Å². The minimum absolute atomic E-state index is 0.0920. The van der Waals surface area contributed by atoms with Crippen molar-refractivity contribution in [3.05, 3.63) is 132 Å². The SMILES string of the molecule is CC1(C)N(C2C=C(N(C3C=CCC4C5CCC=CC5SC43)C3COC4C=CC=CC43)C=C(N(C3C=CCCC3)C3CC=CCC3)C2)C2CC=C(C3C=CC=CC3)CC2C12CCCCC2. The number of nitrogens with zero attached hydrogens (tertiary/aromatic N) is 3. The maximum atomic E-state index is 6.85. The van der Waals surface area contributed by atoms with Crippen LogP contribution in [0.3, 0.4) is 0 Å². The van der Waals surface area contributed by atoms with Crippen molar-refractivity contribution in [2.24, 2.45) is 35.0 Å². The number of hydrogen-bond acceptors (Lipinski definition) is 5. The van der Waals surface area contributed by atoms with E-state index < -0.39 is 0 Å². The van der Waals surface area contributed by atoms with Crippen molar-refractivity contribution in [3.63, 3.8) is 0 Å². The Morgan fingerprint density at radius 1 is 0.719 bits per heavy atom. The predicted octanol–water partition coefficient (Wildman–Crippen LogP) is 13.1. The Labute approximate surface area is 391 Å². The number of allylic oxidation sites excluding steroid dienone is 12. The predicted molar refractivity (Wildman–Crippen MR) is 268 cm³/mol. The fraction of sp³-hybridized carbons (Fsp3) is 0.627. The van der Waals surface area contributed by atoms with Crippen LogP contribution < -0.4 is 0 Å². The Hall–Kier alpha value is -2.99. The van der Waals surface area contributed by atoms with Crippen molar-refractivity contribution in [2.75, 3.05) is 6.61 Å². The molecular formula is C59H77N3OS. The first-order chi connectivity index (χ1) is 31.5. The average Bonchev–Trinajstić information content (AvgIpc) is 4.00. The quantitative estimate of drug-likeness (QED) is 0.226. The van der Waals surface area contributed by atoms with Crippen LogP contribution in [-0.2, 0) is 4.74 Å². The lowest BCUT2D eigenvalue weighted by molar-refractivity contribution is -0.000000974. The molecule has 14 unspecified atom stereocenters. The molecule has 4 fully saturated rings. The molecule has 9 aliphatic carbocycles. The third kappa shape index (κ3) is 7.21. The summed E-state index contributed by atoms with van der Waals surface area (Å²) in [7, 11) is 0. The van der Waals surface area contributed by atoms with Gasteiger partial charge in [0.05, 0.1) is 24.8 Å². The second-order valence-electron chi connectivity index (χ2n) is 22.7. The van der Waals surface area contributed by atoms with E-state index in [1.165, 1.54) is 108 Å². The number of ether oxygens (including phenoxy) is 1. The van der Waals surface area contributed by atoms with Crippen molar-refractivity contribution in [2.45, 2.75) is 188 Å². The van der Waals surface area contributed by atoms with Crippen LogP contribution in [-0.4, -0.2) is 79.7 Å². The van der Waals surface area contributed by atoms with Crippen LogP contribution >= 0.6 is 11.8 Å². The third-order valence-corrected chi connectivity index (χ3v) is 21.2. The summed E-state index contributed by atoms with van der Waals surface area (Å²) in [5.74, 6) is 3.18. The van der Waals surface area contributed by atoms with Crippen molar-refractivity contribution >= 4 is 11.8 Å². The second-order valence-corrected chi connectivity index (χ2v) is 24.0. The molecule has 64 heavy (non-hydrogen) atoms. The van der Waals surface area contributed by atoms with Gasteiger partial charge < -0.3 is 14.5 Å². The Morgan fingerprint density at radius 2 is 1.59 bits per heavy atom. The maximum Gasteiger partial charge on any atom is 0.0843 e. The summed E-state index contributed by atoms with van der Waals surface area (Å²) in [5, 5.41) is 1.25. The van der Waals surface area contributed by atoms with Gasteiger partial charge in [0.15, 0.2) is 0 Å². The molecule has 5 heteroatoms. The van der Waals surface area contributed by atoms with E-state index in [-0.39, 0.29) is 11.6 Å². The van der Waals surface area contributed by atoms with Crippen LogP contribution in [0.4, 0.5) is 0 Å². The highest BCUT2D eigenvalue weighted by Gasteiger charge is 2.65. The normalized spacial score (nSPS) is 42.4. The summed E-state index contributed by atoms with van der Waals surface area (Å²) in [6.45, 7) is 6.27. The van der Waals surface area contributed by atoms with Gasteiger partial charge in [0, 0.05) is 69.9 Å². The minimum Gasteiger partial charge on any atom is -0.371 e. The van der Waals surface area contributed by atoms with Crippen molar-refractivity contribution in [3.8, 4) is 0 Å². The highest BCUT2D eigenvalue weighted by Crippen LogP contribution is 2.64. The van der Waals surface area contributed by atoms with E-state index >= 15 is 0 Å². The van der Waals surface area contributed by atoms with Crippen molar-refractivity contribution in [1.29, 1.82) is 0 Å². The second kappa shape index (κ2) is 17.6. The van der Waals surface area contributed by atoms with Crippen LogP contribution in [0.25, 0.3) is 0 Å². The van der Waals surface area contributed by atoms with Gasteiger partial charge in [0.2, 0.25) is 0 Å². The minimum atomic E-state index is 0.0920. The molecule has 12 rings (SSSR count). The summed E-state index contributed by atoms with van der Waals surface area (Å²) >= 11 is 2.33. The van der Waals surface area contributed by atoms with Crippen LogP contribution in [0.2, 0.25) is 0 Å². The Balaban J connectivity index is 1.01. The zero-order valence-corrected chi connectivity index (χ0v) is 40.0. The molecule has 340 valence electrons. The molecule has 1 spiro atoms. The van der Waals surface area contributed by atoms with Gasteiger partial charge in [-0.05, 0) is 139 Å². The lowest BCUT2D eigenvalue weighted by atomic mass is 9.56. The Kier molecular flexibility index (Phi) is 11.6. The van der Waals surface area contributed by atoms with Crippen LogP contribution in [0.5, 0.6) is 0 Å². The van der Waals surface area contributed by atoms with Gasteiger partial charge in [-0.3, -0.25) is 4.90 Å². The first kappa shape index (κ1) is 42.4. The van der Waals surface area contributed by atoms with Crippen molar-refractivity contribution < 1.29 is 4.74 Å². The van der Waals surface area contributed by atoms with Gasteiger partial charge in [-0.2, -0.15) is 0 Å². The summed E-state index contributed by atoms with van der Waals surface area (Å²) in [4.78, 5) is 9.26. The molecule has 0 radical (unpaired) electrons. The fourth-order valence-electron chi connectivity index (χ4n) is 16.6. The molecule has 0 amide bonds. The summed E-state index contributed by atoms with van der Waals surface area (Å²) in [6, 6.07) is 2.57. The lowest BCUT2D eigenvalue weighted by Gasteiger charge is -2.53. The number of thioether (sulfide) groups is 1. The highest BCUT2D eigenvalue weighted by atomic mass is 32.2. The molecule has 3 saturated heterocycles. The highest BCUT2D eigenvalue weighted by molar-refractivity contribution is 8.01. The largest absolute Gasteiger partial charge is 0.371 e. The molecule has 0 N–H and O–H groups in total. The van der Waals surface area contributed by atoms with E-state index in [2.05, 4.69) is 156 Å². The zero-order valence-electron chi connectivity index (χ0n) is 39.1. The molecule has 0 bridgehead atoms. The number of likely N-dealkylation sites (tertiary alicyclic amines) is 1. The zero-order chi connectivity index (χ0) is 42.8. The van der Waals surface area contributed by atoms with Gasteiger partial charge in [-0.1, -0.05) is 128 Å². The third-order valence-electron chi connectivity index (χ3n) is 19.5. The smallest absolute Gasteiger partial charge is 0.0843 e. The van der Waals surface area contributed by atoms with E-state index in [0.717, 1.165) is 31.3 Å². The molecule has 3 aliphatic heterocycles. The van der Waals surface area contributed by atoms with E-state index in [9.17, 15) is 0 Å². The Morgan fingerprint density at radius 3 is 2.44 bits per heavy atom. The summed E-state index contributed by atoms with van der Waals surface area (Å²) in [5.41, 5.74) is 5.30. The van der Waals surface area contributed by atoms with E-state index in [0.29, 0.717) is 69.9 Å². The first-order valence-electron chi connectivity index (χ1n) is 26.6. The van der Waals surface area contributed by atoms with Gasteiger partial charge in [0.1, 0.15) is 0 Å². The molecule has 0 aromatic rings. The number of hydrogen-bond donors (Lipinski definition) is 0. The Bertz CT molecular complexity index is 2100. The van der Waals surface area contributed by atoms with E-state index in [1.54, 1.807) is 11.3 Å². The number of fused-ring (bicyclic) bond motifs is 6. The molecule has 4 nitrogen and oxygen atoms in total. The molecule has 0 aromatic heterocycles.